The van der Waals surface area contributed by atoms with Crippen LogP contribution in [0, 0.1) is 6.92 Å². The maximum atomic E-state index is 6.55. The van der Waals surface area contributed by atoms with Crippen LogP contribution in [0.25, 0.3) is 21.5 Å². The summed E-state index contributed by atoms with van der Waals surface area (Å²) in [5.74, 6) is 0. The van der Waals surface area contributed by atoms with E-state index >= 15 is 0 Å². The summed E-state index contributed by atoms with van der Waals surface area (Å²) < 4.78 is 0. The van der Waals surface area contributed by atoms with E-state index in [1.54, 1.807) is 0 Å². The van der Waals surface area contributed by atoms with Gasteiger partial charge in [-0.2, -0.15) is 0 Å². The predicted octanol–water partition coefficient (Wildman–Crippen LogP) is 6.19. The fourth-order valence-electron chi connectivity index (χ4n) is 3.72. The van der Waals surface area contributed by atoms with Crippen molar-refractivity contribution in [2.75, 3.05) is 11.1 Å². The summed E-state index contributed by atoms with van der Waals surface area (Å²) in [4.78, 5) is 0. The van der Waals surface area contributed by atoms with Crippen molar-refractivity contribution in [1.82, 2.24) is 0 Å². The SMILES string of the molecule is CCc1c(C)c(N)c(Nc2cccc3ccccc23)c2ccccc12. The minimum absolute atomic E-state index is 0.837. The molecule has 0 fully saturated rings. The number of benzene rings is 4. The van der Waals surface area contributed by atoms with Gasteiger partial charge in [-0.25, -0.2) is 0 Å². The zero-order valence-corrected chi connectivity index (χ0v) is 14.6. The van der Waals surface area contributed by atoms with E-state index in [-0.39, 0.29) is 0 Å². The molecule has 4 aromatic carbocycles. The van der Waals surface area contributed by atoms with Gasteiger partial charge in [-0.1, -0.05) is 67.6 Å². The van der Waals surface area contributed by atoms with Gasteiger partial charge in [0.15, 0.2) is 0 Å². The molecule has 3 N–H and O–H groups in total. The van der Waals surface area contributed by atoms with Gasteiger partial charge in [0.1, 0.15) is 0 Å². The van der Waals surface area contributed by atoms with E-state index < -0.39 is 0 Å². The standard InChI is InChI=1S/C23H22N2/c1-3-17-15(2)22(24)23(20-13-7-6-12-19(17)20)25-21-14-8-10-16-9-4-5-11-18(16)21/h4-14,25H,3,24H2,1-2H3. The van der Waals surface area contributed by atoms with Crippen molar-refractivity contribution in [1.29, 1.82) is 0 Å². The van der Waals surface area contributed by atoms with Gasteiger partial charge in [0.2, 0.25) is 0 Å². The van der Waals surface area contributed by atoms with Crippen LogP contribution in [0.1, 0.15) is 18.1 Å². The summed E-state index contributed by atoms with van der Waals surface area (Å²) in [6.45, 7) is 4.31. The van der Waals surface area contributed by atoms with Crippen molar-refractivity contribution in [3.8, 4) is 0 Å². The second-order valence-electron chi connectivity index (χ2n) is 6.44. The second kappa shape index (κ2) is 6.14. The lowest BCUT2D eigenvalue weighted by molar-refractivity contribution is 1.13. The molecule has 0 aliphatic carbocycles. The lowest BCUT2D eigenvalue weighted by Gasteiger charge is -2.19. The van der Waals surface area contributed by atoms with Crippen LogP contribution in [-0.2, 0) is 6.42 Å². The fraction of sp³-hybridized carbons (Fsp3) is 0.130. The van der Waals surface area contributed by atoms with Crippen molar-refractivity contribution in [3.63, 3.8) is 0 Å². The average molecular weight is 326 g/mol. The molecule has 0 heterocycles. The minimum Gasteiger partial charge on any atom is -0.397 e. The monoisotopic (exact) mass is 326 g/mol. The number of nitrogen functional groups attached to an aromatic ring is 1. The van der Waals surface area contributed by atoms with Crippen LogP contribution < -0.4 is 11.1 Å². The average Bonchev–Trinajstić information content (AvgIpc) is 2.66. The van der Waals surface area contributed by atoms with E-state index in [0.29, 0.717) is 0 Å². The molecule has 0 atom stereocenters. The molecule has 0 spiro atoms. The Morgan fingerprint density at radius 1 is 0.800 bits per heavy atom. The Balaban J connectivity index is 1.97. The largest absolute Gasteiger partial charge is 0.397 e. The van der Waals surface area contributed by atoms with E-state index in [0.717, 1.165) is 23.5 Å². The second-order valence-corrected chi connectivity index (χ2v) is 6.44. The number of nitrogens with one attached hydrogen (secondary N) is 1. The zero-order chi connectivity index (χ0) is 17.4. The Hall–Kier alpha value is -3.00. The number of fused-ring (bicyclic) bond motifs is 2. The molecule has 0 unspecified atom stereocenters. The third-order valence-corrected chi connectivity index (χ3v) is 5.05. The first-order valence-corrected chi connectivity index (χ1v) is 8.75. The van der Waals surface area contributed by atoms with Gasteiger partial charge < -0.3 is 11.1 Å². The quantitative estimate of drug-likeness (QED) is 0.440. The highest BCUT2D eigenvalue weighted by molar-refractivity contribution is 6.06. The van der Waals surface area contributed by atoms with Gasteiger partial charge in [0.05, 0.1) is 11.4 Å². The van der Waals surface area contributed by atoms with Crippen LogP contribution in [0.15, 0.2) is 66.7 Å². The number of rotatable bonds is 3. The van der Waals surface area contributed by atoms with Gasteiger partial charge in [0, 0.05) is 16.5 Å². The summed E-state index contributed by atoms with van der Waals surface area (Å²) in [6, 6.07) is 23.2. The lowest BCUT2D eigenvalue weighted by atomic mass is 9.94. The molecular formula is C23H22N2. The number of hydrogen-bond donors (Lipinski definition) is 2. The minimum atomic E-state index is 0.837. The molecule has 2 heteroatoms. The van der Waals surface area contributed by atoms with E-state index in [1.807, 2.05) is 0 Å². The Bertz CT molecular complexity index is 1070. The number of nitrogens with two attached hydrogens (primary N) is 1. The van der Waals surface area contributed by atoms with Crippen LogP contribution >= 0.6 is 0 Å². The molecule has 0 saturated carbocycles. The van der Waals surface area contributed by atoms with Gasteiger partial charge >= 0.3 is 0 Å². The molecule has 124 valence electrons. The van der Waals surface area contributed by atoms with E-state index in [1.165, 1.54) is 32.7 Å². The highest BCUT2D eigenvalue weighted by Crippen LogP contribution is 2.39. The molecule has 0 aromatic heterocycles. The molecule has 0 radical (unpaired) electrons. The van der Waals surface area contributed by atoms with Crippen LogP contribution in [0.2, 0.25) is 0 Å². The molecule has 0 aliphatic rings. The highest BCUT2D eigenvalue weighted by atomic mass is 14.9. The van der Waals surface area contributed by atoms with E-state index in [4.69, 9.17) is 5.73 Å². The Labute approximate surface area is 148 Å². The van der Waals surface area contributed by atoms with Crippen molar-refractivity contribution in [2.24, 2.45) is 0 Å². The van der Waals surface area contributed by atoms with Gasteiger partial charge in [-0.15, -0.1) is 0 Å². The topological polar surface area (TPSA) is 38.0 Å². The van der Waals surface area contributed by atoms with Gasteiger partial charge in [-0.05, 0) is 41.3 Å². The number of hydrogen-bond acceptors (Lipinski definition) is 2. The van der Waals surface area contributed by atoms with Crippen molar-refractivity contribution in [3.05, 3.63) is 77.9 Å². The summed E-state index contributed by atoms with van der Waals surface area (Å²) in [5.41, 5.74) is 12.0. The molecule has 25 heavy (non-hydrogen) atoms. The molecular weight excluding hydrogens is 304 g/mol. The lowest BCUT2D eigenvalue weighted by Crippen LogP contribution is -2.03. The highest BCUT2D eigenvalue weighted by Gasteiger charge is 2.14. The Morgan fingerprint density at radius 3 is 2.20 bits per heavy atom. The van der Waals surface area contributed by atoms with Crippen LogP contribution in [0.3, 0.4) is 0 Å². The third kappa shape index (κ3) is 2.51. The van der Waals surface area contributed by atoms with Crippen molar-refractivity contribution < 1.29 is 0 Å². The first kappa shape index (κ1) is 15.5. The third-order valence-electron chi connectivity index (χ3n) is 5.05. The summed E-state index contributed by atoms with van der Waals surface area (Å²) in [7, 11) is 0. The molecule has 0 aliphatic heterocycles. The predicted molar refractivity (Wildman–Crippen MR) is 110 cm³/mol. The first-order valence-electron chi connectivity index (χ1n) is 8.75. The van der Waals surface area contributed by atoms with Crippen LogP contribution in [0.4, 0.5) is 17.1 Å². The maximum absolute atomic E-state index is 6.55. The fourth-order valence-corrected chi connectivity index (χ4v) is 3.72. The van der Waals surface area contributed by atoms with Crippen molar-refractivity contribution in [2.45, 2.75) is 20.3 Å². The zero-order valence-electron chi connectivity index (χ0n) is 14.6. The normalized spacial score (nSPS) is 11.1. The van der Waals surface area contributed by atoms with Crippen LogP contribution in [0.5, 0.6) is 0 Å². The summed E-state index contributed by atoms with van der Waals surface area (Å²) in [5, 5.41) is 8.50. The van der Waals surface area contributed by atoms with Crippen LogP contribution in [-0.4, -0.2) is 0 Å². The summed E-state index contributed by atoms with van der Waals surface area (Å²) in [6.07, 6.45) is 0.977. The van der Waals surface area contributed by atoms with E-state index in [2.05, 4.69) is 85.9 Å². The number of anilines is 3. The Kier molecular flexibility index (Phi) is 3.81. The summed E-state index contributed by atoms with van der Waals surface area (Å²) >= 11 is 0. The van der Waals surface area contributed by atoms with Crippen molar-refractivity contribution >= 4 is 38.6 Å². The van der Waals surface area contributed by atoms with Gasteiger partial charge in [0.25, 0.3) is 0 Å². The maximum Gasteiger partial charge on any atom is 0.0700 e. The first-order chi connectivity index (χ1) is 12.2. The van der Waals surface area contributed by atoms with E-state index in [9.17, 15) is 0 Å². The molecule has 0 amide bonds. The molecule has 4 rings (SSSR count). The molecule has 4 aromatic rings. The smallest absolute Gasteiger partial charge is 0.0700 e. The number of aryl methyl sites for hydroxylation is 1. The molecule has 0 saturated heterocycles. The molecule has 0 bridgehead atoms. The molecule has 2 nitrogen and oxygen atoms in total. The Morgan fingerprint density at radius 2 is 1.44 bits per heavy atom. The van der Waals surface area contributed by atoms with Gasteiger partial charge in [-0.3, -0.25) is 0 Å².